The van der Waals surface area contributed by atoms with E-state index in [1.807, 2.05) is 0 Å². The van der Waals surface area contributed by atoms with Gasteiger partial charge in [0.25, 0.3) is 0 Å². The third-order valence-corrected chi connectivity index (χ3v) is 6.76. The number of anilines is 1. The molecule has 0 spiro atoms. The summed E-state index contributed by atoms with van der Waals surface area (Å²) in [7, 11) is 1.77. The van der Waals surface area contributed by atoms with Crippen LogP contribution in [0, 0.1) is 0 Å². The summed E-state index contributed by atoms with van der Waals surface area (Å²) < 4.78 is 5.47. The Morgan fingerprint density at radius 2 is 1.92 bits per heavy atom. The van der Waals surface area contributed by atoms with Crippen molar-refractivity contribution in [3.05, 3.63) is 59.7 Å². The summed E-state index contributed by atoms with van der Waals surface area (Å²) >= 11 is 0. The molecular formula is C23H28N2O. The molecule has 0 amide bonds. The summed E-state index contributed by atoms with van der Waals surface area (Å²) in [6.45, 7) is 3.64. The number of benzene rings is 2. The van der Waals surface area contributed by atoms with Crippen molar-refractivity contribution in [2.45, 2.75) is 43.7 Å². The van der Waals surface area contributed by atoms with Crippen LogP contribution >= 0.6 is 0 Å². The molecule has 2 aromatic rings. The minimum Gasteiger partial charge on any atom is -0.497 e. The number of piperidine rings is 1. The van der Waals surface area contributed by atoms with Gasteiger partial charge in [0, 0.05) is 37.4 Å². The molecule has 3 aliphatic rings. The van der Waals surface area contributed by atoms with Gasteiger partial charge in [-0.2, -0.15) is 0 Å². The number of hydrogen-bond donors (Lipinski definition) is 0. The highest BCUT2D eigenvalue weighted by molar-refractivity contribution is 5.49. The number of aryl methyl sites for hydroxylation is 1. The van der Waals surface area contributed by atoms with Crippen LogP contribution in [-0.2, 0) is 6.42 Å². The smallest absolute Gasteiger partial charge is 0.119 e. The van der Waals surface area contributed by atoms with E-state index in [9.17, 15) is 0 Å². The number of nitrogens with zero attached hydrogens (tertiary/aromatic N) is 2. The summed E-state index contributed by atoms with van der Waals surface area (Å²) in [5.74, 6) is 1.67. The van der Waals surface area contributed by atoms with E-state index in [2.05, 4.69) is 58.3 Å². The number of likely N-dealkylation sites (tertiary alicyclic amines) is 1. The van der Waals surface area contributed by atoms with Gasteiger partial charge < -0.3 is 9.64 Å². The number of methoxy groups -OCH3 is 1. The lowest BCUT2D eigenvalue weighted by Crippen LogP contribution is -2.42. The van der Waals surface area contributed by atoms with Crippen LogP contribution in [0.4, 0.5) is 5.69 Å². The van der Waals surface area contributed by atoms with Gasteiger partial charge in [-0.05, 0) is 67.0 Å². The first-order chi connectivity index (χ1) is 12.8. The molecule has 2 heterocycles. The van der Waals surface area contributed by atoms with Crippen molar-refractivity contribution in [1.29, 1.82) is 0 Å². The maximum atomic E-state index is 5.47. The molecule has 1 aliphatic carbocycles. The van der Waals surface area contributed by atoms with Crippen molar-refractivity contribution < 1.29 is 4.74 Å². The molecule has 3 nitrogen and oxygen atoms in total. The van der Waals surface area contributed by atoms with Gasteiger partial charge in [-0.15, -0.1) is 0 Å². The van der Waals surface area contributed by atoms with E-state index in [1.54, 1.807) is 7.11 Å². The number of hydrogen-bond acceptors (Lipinski definition) is 3. The summed E-state index contributed by atoms with van der Waals surface area (Å²) in [5.41, 5.74) is 4.46. The average Bonchev–Trinajstić information content (AvgIpc) is 3.25. The van der Waals surface area contributed by atoms with Crippen molar-refractivity contribution in [2.24, 2.45) is 0 Å². The van der Waals surface area contributed by atoms with Gasteiger partial charge in [0.05, 0.1) is 7.11 Å². The fourth-order valence-corrected chi connectivity index (χ4v) is 5.37. The van der Waals surface area contributed by atoms with E-state index in [0.717, 1.165) is 11.8 Å². The van der Waals surface area contributed by atoms with Crippen LogP contribution in [0.5, 0.6) is 5.75 Å². The molecule has 2 saturated heterocycles. The Kier molecular flexibility index (Phi) is 4.12. The Hall–Kier alpha value is -2.00. The van der Waals surface area contributed by atoms with Crippen LogP contribution in [0.15, 0.2) is 48.5 Å². The third kappa shape index (κ3) is 2.79. The van der Waals surface area contributed by atoms with E-state index in [-0.39, 0.29) is 0 Å². The van der Waals surface area contributed by atoms with Crippen LogP contribution in [0.25, 0.3) is 0 Å². The van der Waals surface area contributed by atoms with Crippen molar-refractivity contribution in [2.75, 3.05) is 31.6 Å². The van der Waals surface area contributed by atoms with Crippen LogP contribution in [0.2, 0.25) is 0 Å². The molecule has 2 bridgehead atoms. The van der Waals surface area contributed by atoms with E-state index in [4.69, 9.17) is 4.74 Å². The second-order valence-electron chi connectivity index (χ2n) is 8.12. The predicted molar refractivity (Wildman–Crippen MR) is 106 cm³/mol. The second kappa shape index (κ2) is 6.62. The van der Waals surface area contributed by atoms with Gasteiger partial charge in [0.2, 0.25) is 0 Å². The average molecular weight is 348 g/mol. The SMILES string of the molecule is COc1ccc2c(c1)C(CN1CCC3CC1CN3c1ccccc1)CC2. The number of rotatable bonds is 4. The topological polar surface area (TPSA) is 15.7 Å². The van der Waals surface area contributed by atoms with Gasteiger partial charge in [0.15, 0.2) is 0 Å². The lowest BCUT2D eigenvalue weighted by molar-refractivity contribution is 0.165. The molecule has 3 atom stereocenters. The van der Waals surface area contributed by atoms with E-state index >= 15 is 0 Å². The van der Waals surface area contributed by atoms with Gasteiger partial charge in [-0.1, -0.05) is 24.3 Å². The van der Waals surface area contributed by atoms with Crippen molar-refractivity contribution in [3.63, 3.8) is 0 Å². The summed E-state index contributed by atoms with van der Waals surface area (Å²) in [5, 5.41) is 0. The Bertz CT molecular complexity index is 775. The zero-order chi connectivity index (χ0) is 17.5. The molecule has 0 N–H and O–H groups in total. The fourth-order valence-electron chi connectivity index (χ4n) is 5.37. The fraction of sp³-hybridized carbons (Fsp3) is 0.478. The Morgan fingerprint density at radius 1 is 1.04 bits per heavy atom. The van der Waals surface area contributed by atoms with Crippen molar-refractivity contribution >= 4 is 5.69 Å². The molecule has 0 radical (unpaired) electrons. The Morgan fingerprint density at radius 3 is 2.77 bits per heavy atom. The lowest BCUT2D eigenvalue weighted by atomic mass is 9.96. The highest BCUT2D eigenvalue weighted by Gasteiger charge is 2.40. The minimum absolute atomic E-state index is 0.669. The second-order valence-corrected chi connectivity index (χ2v) is 8.12. The van der Waals surface area contributed by atoms with E-state index in [1.165, 1.54) is 62.1 Å². The zero-order valence-electron chi connectivity index (χ0n) is 15.6. The van der Waals surface area contributed by atoms with Crippen LogP contribution in [-0.4, -0.2) is 43.7 Å². The first-order valence-corrected chi connectivity index (χ1v) is 10.0. The van der Waals surface area contributed by atoms with Gasteiger partial charge in [-0.25, -0.2) is 0 Å². The number of ether oxygens (including phenoxy) is 1. The maximum Gasteiger partial charge on any atom is 0.119 e. The van der Waals surface area contributed by atoms with Gasteiger partial charge >= 0.3 is 0 Å². The molecule has 2 fully saturated rings. The molecule has 0 aromatic heterocycles. The quantitative estimate of drug-likeness (QED) is 0.828. The molecule has 136 valence electrons. The highest BCUT2D eigenvalue weighted by Crippen LogP contribution is 2.39. The standard InChI is InChI=1S/C23H28N2O/c1-26-22-10-9-17-7-8-18(23(17)14-22)15-24-12-11-20-13-21(24)16-25(20)19-5-3-2-4-6-19/h2-6,9-10,14,18,20-21H,7-8,11-13,15-16H2,1H3. The zero-order valence-corrected chi connectivity index (χ0v) is 15.6. The van der Waals surface area contributed by atoms with Gasteiger partial charge in [0.1, 0.15) is 5.75 Å². The third-order valence-electron chi connectivity index (χ3n) is 6.76. The lowest BCUT2D eigenvalue weighted by Gasteiger charge is -2.34. The largest absolute Gasteiger partial charge is 0.497 e. The molecule has 3 unspecified atom stereocenters. The van der Waals surface area contributed by atoms with Crippen molar-refractivity contribution in [3.8, 4) is 5.75 Å². The Balaban J connectivity index is 1.30. The maximum absolute atomic E-state index is 5.47. The molecule has 26 heavy (non-hydrogen) atoms. The summed E-state index contributed by atoms with van der Waals surface area (Å²) in [6, 6.07) is 19.1. The number of para-hydroxylation sites is 1. The van der Waals surface area contributed by atoms with Crippen molar-refractivity contribution in [1.82, 2.24) is 4.90 Å². The van der Waals surface area contributed by atoms with E-state index < -0.39 is 0 Å². The highest BCUT2D eigenvalue weighted by atomic mass is 16.5. The van der Waals surface area contributed by atoms with Gasteiger partial charge in [-0.3, -0.25) is 4.90 Å². The first-order valence-electron chi connectivity index (χ1n) is 10.0. The molecule has 2 aliphatic heterocycles. The predicted octanol–water partition coefficient (Wildman–Crippen LogP) is 4.08. The van der Waals surface area contributed by atoms with E-state index in [0.29, 0.717) is 12.0 Å². The van der Waals surface area contributed by atoms with Crippen LogP contribution < -0.4 is 9.64 Å². The Labute approximate surface area is 156 Å². The molecule has 3 heteroatoms. The first kappa shape index (κ1) is 16.2. The number of fused-ring (bicyclic) bond motifs is 3. The summed E-state index contributed by atoms with van der Waals surface area (Å²) in [4.78, 5) is 5.43. The minimum atomic E-state index is 0.669. The molecule has 5 rings (SSSR count). The normalized spacial score (nSPS) is 27.6. The van der Waals surface area contributed by atoms with Crippen LogP contribution in [0.1, 0.15) is 36.3 Å². The summed E-state index contributed by atoms with van der Waals surface area (Å²) in [6.07, 6.45) is 5.13. The molecule has 0 saturated carbocycles. The monoisotopic (exact) mass is 348 g/mol. The van der Waals surface area contributed by atoms with Crippen LogP contribution in [0.3, 0.4) is 0 Å². The molecule has 2 aromatic carbocycles. The molecular weight excluding hydrogens is 320 g/mol.